The second-order valence-electron chi connectivity index (χ2n) is 5.02. The first-order valence-electron chi connectivity index (χ1n) is 6.43. The van der Waals surface area contributed by atoms with Gasteiger partial charge in [0, 0.05) is 18.3 Å². The Morgan fingerprint density at radius 3 is 2.75 bits per heavy atom. The molecule has 3 heterocycles. The monoisotopic (exact) mass is 280 g/mol. The van der Waals surface area contributed by atoms with Crippen LogP contribution in [0.25, 0.3) is 0 Å². The summed E-state index contributed by atoms with van der Waals surface area (Å²) < 4.78 is 13.5. The van der Waals surface area contributed by atoms with Gasteiger partial charge in [-0.1, -0.05) is 6.08 Å². The number of fused-ring (bicyclic) bond motifs is 1. The van der Waals surface area contributed by atoms with E-state index in [1.54, 1.807) is 6.92 Å². The third-order valence-corrected chi connectivity index (χ3v) is 3.66. The summed E-state index contributed by atoms with van der Waals surface area (Å²) in [6.07, 6.45) is 1.55. The molecule has 1 aromatic rings. The number of ether oxygens (including phenoxy) is 2. The van der Waals surface area contributed by atoms with E-state index in [4.69, 9.17) is 9.47 Å². The van der Waals surface area contributed by atoms with E-state index in [1.165, 1.54) is 16.8 Å². The molecule has 0 bridgehead atoms. The predicted octanol–water partition coefficient (Wildman–Crippen LogP) is -0.838. The lowest BCUT2D eigenvalue weighted by Gasteiger charge is -2.19. The molecule has 108 valence electrons. The first kappa shape index (κ1) is 13.3. The largest absolute Gasteiger partial charge is 0.394 e. The highest BCUT2D eigenvalue weighted by Crippen LogP contribution is 2.44. The number of hydrogen-bond acceptors (Lipinski definition) is 5. The van der Waals surface area contributed by atoms with E-state index in [2.05, 4.69) is 6.58 Å². The number of hydrogen-bond donors (Lipinski definition) is 1. The number of rotatable bonds is 4. The van der Waals surface area contributed by atoms with Gasteiger partial charge in [-0.2, -0.15) is 0 Å². The van der Waals surface area contributed by atoms with Gasteiger partial charge in [-0.15, -0.1) is 6.58 Å². The van der Waals surface area contributed by atoms with Gasteiger partial charge in [0.25, 0.3) is 5.56 Å². The van der Waals surface area contributed by atoms with E-state index < -0.39 is 18.0 Å². The Morgan fingerprint density at radius 1 is 1.40 bits per heavy atom. The number of epoxide rings is 1. The molecule has 4 atom stereocenters. The van der Waals surface area contributed by atoms with Crippen molar-refractivity contribution in [2.24, 2.45) is 0 Å². The molecule has 2 aliphatic rings. The van der Waals surface area contributed by atoms with E-state index >= 15 is 0 Å². The van der Waals surface area contributed by atoms with Crippen LogP contribution in [0.4, 0.5) is 0 Å². The van der Waals surface area contributed by atoms with Crippen molar-refractivity contribution < 1.29 is 14.6 Å². The molecule has 0 unspecified atom stereocenters. The third-order valence-electron chi connectivity index (χ3n) is 3.66. The minimum absolute atomic E-state index is 0.143. The highest BCUT2D eigenvalue weighted by atomic mass is 16.7. The molecule has 7 heteroatoms. The van der Waals surface area contributed by atoms with Gasteiger partial charge in [-0.05, 0) is 6.92 Å². The van der Waals surface area contributed by atoms with Gasteiger partial charge in [-0.25, -0.2) is 4.79 Å². The van der Waals surface area contributed by atoms with Gasteiger partial charge in [0.15, 0.2) is 6.23 Å². The van der Waals surface area contributed by atoms with E-state index in [1.807, 2.05) is 0 Å². The Hall–Kier alpha value is -1.70. The Kier molecular flexibility index (Phi) is 3.12. The SMILES string of the molecule is C=CCn1c(=O)c(C)cn([C@@H]2O[C@H](CO)[C@@H]3O[C@@H]32)c1=O. The molecule has 0 aromatic carbocycles. The summed E-state index contributed by atoms with van der Waals surface area (Å²) in [5.74, 6) is 0. The zero-order valence-corrected chi connectivity index (χ0v) is 11.1. The number of aromatic nitrogens is 2. The fraction of sp³-hybridized carbons (Fsp3) is 0.538. The standard InChI is InChI=1S/C13H16N2O5/c1-3-4-14-11(17)7(2)5-15(13(14)18)12-10-9(20-10)8(6-16)19-12/h3,5,8-10,12,16H,1,4,6H2,2H3/t8-,9+,10+,12-/m1/s1. The summed E-state index contributed by atoms with van der Waals surface area (Å²) in [4.78, 5) is 24.3. The van der Waals surface area contributed by atoms with Crippen LogP contribution in [0.5, 0.6) is 0 Å². The lowest BCUT2D eigenvalue weighted by molar-refractivity contribution is -0.0861. The summed E-state index contributed by atoms with van der Waals surface area (Å²) in [5, 5.41) is 9.17. The third kappa shape index (κ3) is 1.86. The van der Waals surface area contributed by atoms with Crippen molar-refractivity contribution in [3.05, 3.63) is 45.3 Å². The lowest BCUT2D eigenvalue weighted by atomic mass is 10.2. The van der Waals surface area contributed by atoms with Crippen molar-refractivity contribution in [1.82, 2.24) is 9.13 Å². The quantitative estimate of drug-likeness (QED) is 0.574. The van der Waals surface area contributed by atoms with Crippen molar-refractivity contribution in [2.75, 3.05) is 6.61 Å². The number of aliphatic hydroxyl groups is 1. The van der Waals surface area contributed by atoms with E-state index in [-0.39, 0.29) is 30.9 Å². The molecule has 0 radical (unpaired) electrons. The van der Waals surface area contributed by atoms with Gasteiger partial charge in [-0.3, -0.25) is 13.9 Å². The zero-order chi connectivity index (χ0) is 14.4. The average molecular weight is 280 g/mol. The Morgan fingerprint density at radius 2 is 2.15 bits per heavy atom. The minimum Gasteiger partial charge on any atom is -0.394 e. The first-order valence-corrected chi connectivity index (χ1v) is 6.43. The molecule has 2 saturated heterocycles. The van der Waals surface area contributed by atoms with E-state index in [0.717, 1.165) is 4.57 Å². The van der Waals surface area contributed by atoms with Crippen LogP contribution in [-0.4, -0.2) is 39.2 Å². The fourth-order valence-electron chi connectivity index (χ4n) is 2.60. The van der Waals surface area contributed by atoms with Crippen LogP contribution < -0.4 is 11.2 Å². The molecule has 2 fully saturated rings. The molecule has 3 rings (SSSR count). The second-order valence-corrected chi connectivity index (χ2v) is 5.02. The van der Waals surface area contributed by atoms with Gasteiger partial charge in [0.05, 0.1) is 6.61 Å². The molecule has 0 saturated carbocycles. The maximum atomic E-state index is 12.4. The van der Waals surface area contributed by atoms with Crippen molar-refractivity contribution >= 4 is 0 Å². The normalized spacial score (nSPS) is 31.1. The molecular formula is C13H16N2O5. The molecule has 20 heavy (non-hydrogen) atoms. The first-order chi connectivity index (χ1) is 9.58. The van der Waals surface area contributed by atoms with Gasteiger partial charge < -0.3 is 14.6 Å². The Bertz CT molecular complexity index is 662. The van der Waals surface area contributed by atoms with Crippen LogP contribution in [0.15, 0.2) is 28.4 Å². The number of aliphatic hydroxyl groups excluding tert-OH is 1. The number of aryl methyl sites for hydroxylation is 1. The maximum Gasteiger partial charge on any atom is 0.333 e. The molecule has 7 nitrogen and oxygen atoms in total. The van der Waals surface area contributed by atoms with Gasteiger partial charge >= 0.3 is 5.69 Å². The predicted molar refractivity (Wildman–Crippen MR) is 69.6 cm³/mol. The number of nitrogens with zero attached hydrogens (tertiary/aromatic N) is 2. The summed E-state index contributed by atoms with van der Waals surface area (Å²) in [6, 6.07) is 0. The molecule has 1 aromatic heterocycles. The van der Waals surface area contributed by atoms with Crippen molar-refractivity contribution in [3.8, 4) is 0 Å². The topological polar surface area (TPSA) is 86.0 Å². The van der Waals surface area contributed by atoms with Crippen LogP contribution in [0, 0.1) is 6.92 Å². The molecule has 0 aliphatic carbocycles. The van der Waals surface area contributed by atoms with Crippen molar-refractivity contribution in [2.45, 2.75) is 38.0 Å². The molecule has 0 amide bonds. The molecule has 0 spiro atoms. The van der Waals surface area contributed by atoms with Gasteiger partial charge in [0.1, 0.15) is 18.3 Å². The van der Waals surface area contributed by atoms with Crippen LogP contribution in [0.2, 0.25) is 0 Å². The minimum atomic E-state index is -0.597. The second kappa shape index (κ2) is 4.69. The molecule has 2 aliphatic heterocycles. The highest BCUT2D eigenvalue weighted by molar-refractivity contribution is 5.08. The maximum absolute atomic E-state index is 12.4. The van der Waals surface area contributed by atoms with Crippen LogP contribution in [0.1, 0.15) is 11.8 Å². The number of allylic oxidation sites excluding steroid dienone is 1. The van der Waals surface area contributed by atoms with Crippen molar-refractivity contribution in [3.63, 3.8) is 0 Å². The summed E-state index contributed by atoms with van der Waals surface area (Å²) in [7, 11) is 0. The summed E-state index contributed by atoms with van der Waals surface area (Å²) in [5.41, 5.74) is -0.353. The molecule has 1 N–H and O–H groups in total. The smallest absolute Gasteiger partial charge is 0.333 e. The van der Waals surface area contributed by atoms with Gasteiger partial charge in [0.2, 0.25) is 0 Å². The summed E-state index contributed by atoms with van der Waals surface area (Å²) >= 11 is 0. The zero-order valence-electron chi connectivity index (χ0n) is 11.1. The van der Waals surface area contributed by atoms with Crippen LogP contribution in [0.3, 0.4) is 0 Å². The van der Waals surface area contributed by atoms with Crippen LogP contribution >= 0.6 is 0 Å². The Balaban J connectivity index is 2.05. The molecular weight excluding hydrogens is 264 g/mol. The highest BCUT2D eigenvalue weighted by Gasteiger charge is 2.58. The van der Waals surface area contributed by atoms with E-state index in [9.17, 15) is 14.7 Å². The van der Waals surface area contributed by atoms with Crippen LogP contribution in [-0.2, 0) is 16.0 Å². The Labute approximate surface area is 114 Å². The average Bonchev–Trinajstić information content (AvgIpc) is 3.14. The van der Waals surface area contributed by atoms with E-state index in [0.29, 0.717) is 5.56 Å². The fourth-order valence-corrected chi connectivity index (χ4v) is 2.60. The lowest BCUT2D eigenvalue weighted by Crippen LogP contribution is -2.43. The summed E-state index contributed by atoms with van der Waals surface area (Å²) in [6.45, 7) is 5.18. The van der Waals surface area contributed by atoms with Crippen molar-refractivity contribution in [1.29, 1.82) is 0 Å².